The van der Waals surface area contributed by atoms with Gasteiger partial charge in [0.25, 0.3) is 0 Å². The Kier molecular flexibility index (Phi) is 4.81. The average molecular weight is 344 g/mol. The summed E-state index contributed by atoms with van der Waals surface area (Å²) in [5.41, 5.74) is 1.20. The van der Waals surface area contributed by atoms with Crippen LogP contribution in [0.15, 0.2) is 24.3 Å². The Balaban J connectivity index is 1.26. The number of ether oxygens (including phenoxy) is 1. The molecular formula is C19H28N4O2. The van der Waals surface area contributed by atoms with E-state index in [-0.39, 0.29) is 0 Å². The predicted molar refractivity (Wildman–Crippen MR) is 98.1 cm³/mol. The molecule has 0 saturated carbocycles. The maximum Gasteiger partial charge on any atom is 0.236 e. The summed E-state index contributed by atoms with van der Waals surface area (Å²) < 4.78 is 5.22. The standard InChI is InChI=1S/C19H28N4O2/c1-25-18-4-2-17(3-5-18)22-6-8-23(9-7-22)19(24)14-21-12-15-10-20-11-16(15)13-21/h2-5,15-16,20H,6-14H2,1H3. The van der Waals surface area contributed by atoms with E-state index < -0.39 is 0 Å². The lowest BCUT2D eigenvalue weighted by atomic mass is 10.0. The lowest BCUT2D eigenvalue weighted by Gasteiger charge is -2.36. The number of benzene rings is 1. The van der Waals surface area contributed by atoms with Crippen LogP contribution in [0.3, 0.4) is 0 Å². The van der Waals surface area contributed by atoms with Gasteiger partial charge in [-0.2, -0.15) is 0 Å². The van der Waals surface area contributed by atoms with E-state index in [2.05, 4.69) is 27.2 Å². The highest BCUT2D eigenvalue weighted by Gasteiger charge is 2.37. The van der Waals surface area contributed by atoms with E-state index in [0.29, 0.717) is 12.5 Å². The molecule has 2 atom stereocenters. The molecule has 136 valence electrons. The van der Waals surface area contributed by atoms with E-state index in [0.717, 1.165) is 69.9 Å². The van der Waals surface area contributed by atoms with Gasteiger partial charge in [0.05, 0.1) is 13.7 Å². The Bertz CT molecular complexity index is 586. The van der Waals surface area contributed by atoms with Gasteiger partial charge in [-0.25, -0.2) is 0 Å². The van der Waals surface area contributed by atoms with Gasteiger partial charge in [-0.05, 0) is 49.2 Å². The third-order valence-electron chi connectivity index (χ3n) is 5.89. The van der Waals surface area contributed by atoms with Crippen molar-refractivity contribution in [1.82, 2.24) is 15.1 Å². The summed E-state index contributed by atoms with van der Waals surface area (Å²) in [6, 6.07) is 8.17. The molecule has 0 radical (unpaired) electrons. The van der Waals surface area contributed by atoms with E-state index in [4.69, 9.17) is 4.74 Å². The molecule has 3 aliphatic heterocycles. The Morgan fingerprint density at radius 2 is 1.72 bits per heavy atom. The van der Waals surface area contributed by atoms with Crippen LogP contribution in [0.4, 0.5) is 5.69 Å². The topological polar surface area (TPSA) is 48.1 Å². The van der Waals surface area contributed by atoms with Crippen LogP contribution in [0.2, 0.25) is 0 Å². The van der Waals surface area contributed by atoms with Gasteiger partial charge in [0.2, 0.25) is 5.91 Å². The van der Waals surface area contributed by atoms with Crippen molar-refractivity contribution in [2.45, 2.75) is 0 Å². The van der Waals surface area contributed by atoms with Gasteiger partial charge < -0.3 is 19.9 Å². The van der Waals surface area contributed by atoms with Crippen LogP contribution in [0.25, 0.3) is 0 Å². The first-order valence-electron chi connectivity index (χ1n) is 9.33. The number of methoxy groups -OCH3 is 1. The van der Waals surface area contributed by atoms with Crippen molar-refractivity contribution < 1.29 is 9.53 Å². The molecule has 0 spiro atoms. The summed E-state index contributed by atoms with van der Waals surface area (Å²) in [4.78, 5) is 19.4. The van der Waals surface area contributed by atoms with Gasteiger partial charge in [0, 0.05) is 45.0 Å². The zero-order valence-corrected chi connectivity index (χ0v) is 15.0. The molecule has 6 heteroatoms. The minimum Gasteiger partial charge on any atom is -0.497 e. The number of nitrogens with zero attached hydrogens (tertiary/aromatic N) is 3. The summed E-state index contributed by atoms with van der Waals surface area (Å²) in [7, 11) is 1.68. The molecule has 2 unspecified atom stereocenters. The molecule has 0 aliphatic carbocycles. The van der Waals surface area contributed by atoms with E-state index in [1.807, 2.05) is 17.0 Å². The lowest BCUT2D eigenvalue weighted by molar-refractivity contribution is -0.132. The van der Waals surface area contributed by atoms with Crippen LogP contribution in [0.1, 0.15) is 0 Å². The van der Waals surface area contributed by atoms with Gasteiger partial charge in [0.1, 0.15) is 5.75 Å². The number of hydrogen-bond acceptors (Lipinski definition) is 5. The number of piperazine rings is 1. The van der Waals surface area contributed by atoms with Crippen LogP contribution >= 0.6 is 0 Å². The molecule has 3 aliphatic rings. The summed E-state index contributed by atoms with van der Waals surface area (Å²) in [6.07, 6.45) is 0. The van der Waals surface area contributed by atoms with Crippen LogP contribution in [0.5, 0.6) is 5.75 Å². The molecule has 25 heavy (non-hydrogen) atoms. The predicted octanol–water partition coefficient (Wildman–Crippen LogP) is 0.495. The number of carbonyl (C=O) groups excluding carboxylic acids is 1. The highest BCUT2D eigenvalue weighted by molar-refractivity contribution is 5.78. The fourth-order valence-electron chi connectivity index (χ4n) is 4.38. The van der Waals surface area contributed by atoms with Gasteiger partial charge in [-0.3, -0.25) is 9.69 Å². The molecule has 3 saturated heterocycles. The van der Waals surface area contributed by atoms with Crippen molar-refractivity contribution in [3.63, 3.8) is 0 Å². The third kappa shape index (κ3) is 3.60. The second kappa shape index (κ2) is 7.22. The fourth-order valence-corrected chi connectivity index (χ4v) is 4.38. The fraction of sp³-hybridized carbons (Fsp3) is 0.632. The Morgan fingerprint density at radius 3 is 2.32 bits per heavy atom. The zero-order valence-electron chi connectivity index (χ0n) is 15.0. The van der Waals surface area contributed by atoms with Crippen molar-refractivity contribution in [1.29, 1.82) is 0 Å². The Labute approximate surface area is 149 Å². The van der Waals surface area contributed by atoms with E-state index in [1.165, 1.54) is 5.69 Å². The molecule has 4 rings (SSSR count). The maximum absolute atomic E-state index is 12.6. The van der Waals surface area contributed by atoms with Gasteiger partial charge in [-0.1, -0.05) is 0 Å². The van der Waals surface area contributed by atoms with Crippen molar-refractivity contribution in [3.8, 4) is 5.75 Å². The molecule has 1 aromatic carbocycles. The van der Waals surface area contributed by atoms with Crippen LogP contribution in [0, 0.1) is 11.8 Å². The summed E-state index contributed by atoms with van der Waals surface area (Å²) in [5.74, 6) is 2.67. The summed E-state index contributed by atoms with van der Waals surface area (Å²) >= 11 is 0. The minimum atomic E-state index is 0.294. The summed E-state index contributed by atoms with van der Waals surface area (Å²) in [5, 5.41) is 3.45. The first-order chi connectivity index (χ1) is 12.2. The van der Waals surface area contributed by atoms with Gasteiger partial charge in [0.15, 0.2) is 0 Å². The number of nitrogens with one attached hydrogen (secondary N) is 1. The van der Waals surface area contributed by atoms with E-state index in [1.54, 1.807) is 7.11 Å². The highest BCUT2D eigenvalue weighted by Crippen LogP contribution is 2.26. The van der Waals surface area contributed by atoms with Crippen LogP contribution in [-0.2, 0) is 4.79 Å². The number of likely N-dealkylation sites (tertiary alicyclic amines) is 1. The second-order valence-electron chi connectivity index (χ2n) is 7.44. The number of carbonyl (C=O) groups is 1. The number of hydrogen-bond donors (Lipinski definition) is 1. The Hall–Kier alpha value is -1.79. The van der Waals surface area contributed by atoms with E-state index >= 15 is 0 Å². The smallest absolute Gasteiger partial charge is 0.236 e. The zero-order chi connectivity index (χ0) is 17.2. The van der Waals surface area contributed by atoms with Crippen LogP contribution in [-0.4, -0.2) is 81.7 Å². The van der Waals surface area contributed by atoms with Crippen molar-refractivity contribution in [2.24, 2.45) is 11.8 Å². The number of rotatable bonds is 4. The van der Waals surface area contributed by atoms with Gasteiger partial charge >= 0.3 is 0 Å². The van der Waals surface area contributed by atoms with Gasteiger partial charge in [-0.15, -0.1) is 0 Å². The number of anilines is 1. The minimum absolute atomic E-state index is 0.294. The second-order valence-corrected chi connectivity index (χ2v) is 7.44. The first-order valence-corrected chi connectivity index (χ1v) is 9.33. The monoisotopic (exact) mass is 344 g/mol. The number of fused-ring (bicyclic) bond motifs is 1. The van der Waals surface area contributed by atoms with Crippen molar-refractivity contribution >= 4 is 11.6 Å². The normalized spacial score (nSPS) is 26.8. The largest absolute Gasteiger partial charge is 0.497 e. The van der Waals surface area contributed by atoms with E-state index in [9.17, 15) is 4.79 Å². The molecule has 3 heterocycles. The third-order valence-corrected chi connectivity index (χ3v) is 5.89. The molecule has 0 bridgehead atoms. The van der Waals surface area contributed by atoms with Crippen LogP contribution < -0.4 is 15.0 Å². The molecular weight excluding hydrogens is 316 g/mol. The quantitative estimate of drug-likeness (QED) is 0.862. The van der Waals surface area contributed by atoms with Crippen molar-refractivity contribution in [2.75, 3.05) is 70.9 Å². The first kappa shape index (κ1) is 16.7. The Morgan fingerprint density at radius 1 is 1.08 bits per heavy atom. The highest BCUT2D eigenvalue weighted by atomic mass is 16.5. The molecule has 0 aromatic heterocycles. The SMILES string of the molecule is COc1ccc(N2CCN(C(=O)CN3CC4CNCC4C3)CC2)cc1. The molecule has 1 N–H and O–H groups in total. The maximum atomic E-state index is 12.6. The molecule has 3 fully saturated rings. The molecule has 1 amide bonds. The number of amides is 1. The average Bonchev–Trinajstić information content (AvgIpc) is 3.23. The lowest BCUT2D eigenvalue weighted by Crippen LogP contribution is -2.51. The van der Waals surface area contributed by atoms with Crippen molar-refractivity contribution in [3.05, 3.63) is 24.3 Å². The summed E-state index contributed by atoms with van der Waals surface area (Å²) in [6.45, 7) is 8.41. The molecule has 6 nitrogen and oxygen atoms in total. The molecule has 1 aromatic rings.